The lowest BCUT2D eigenvalue weighted by Crippen LogP contribution is -2.42. The molecular weight excluding hydrogens is 188 g/mol. The summed E-state index contributed by atoms with van der Waals surface area (Å²) in [6.45, 7) is 8.15. The molecule has 0 aromatic heterocycles. The maximum absolute atomic E-state index is 9.82. The van der Waals surface area contributed by atoms with Crippen molar-refractivity contribution in [3.8, 4) is 0 Å². The summed E-state index contributed by atoms with van der Waals surface area (Å²) in [4.78, 5) is 2.24. The van der Waals surface area contributed by atoms with E-state index in [1.54, 1.807) is 0 Å². The molecule has 0 bridgehead atoms. The van der Waals surface area contributed by atoms with Crippen LogP contribution in [0, 0.1) is 5.92 Å². The first-order valence-electron chi connectivity index (χ1n) is 6.12. The highest BCUT2D eigenvalue weighted by Crippen LogP contribution is 2.18. The second-order valence-corrected chi connectivity index (χ2v) is 5.26. The molecule has 0 spiro atoms. The third-order valence-electron chi connectivity index (χ3n) is 3.38. The maximum atomic E-state index is 9.82. The topological polar surface area (TPSA) is 35.5 Å². The molecule has 0 radical (unpaired) electrons. The molecule has 1 saturated carbocycles. The first kappa shape index (κ1) is 12.9. The van der Waals surface area contributed by atoms with E-state index in [-0.39, 0.29) is 6.10 Å². The van der Waals surface area contributed by atoms with Gasteiger partial charge in [-0.3, -0.25) is 0 Å². The Labute approximate surface area is 93.9 Å². The summed E-state index contributed by atoms with van der Waals surface area (Å²) < 4.78 is 0. The van der Waals surface area contributed by atoms with Gasteiger partial charge in [-0.05, 0) is 32.7 Å². The highest BCUT2D eigenvalue weighted by Gasteiger charge is 2.22. The summed E-state index contributed by atoms with van der Waals surface area (Å²) in [5.74, 6) is 0.638. The lowest BCUT2D eigenvalue weighted by molar-refractivity contribution is 0.0943. The number of nitrogens with zero attached hydrogens (tertiary/aromatic N) is 1. The molecular formula is C12H26N2O. The summed E-state index contributed by atoms with van der Waals surface area (Å²) in [6.07, 6.45) is 2.33. The van der Waals surface area contributed by atoms with Gasteiger partial charge in [-0.1, -0.05) is 13.8 Å². The van der Waals surface area contributed by atoms with Crippen LogP contribution in [0.3, 0.4) is 0 Å². The van der Waals surface area contributed by atoms with Gasteiger partial charge in [0.25, 0.3) is 0 Å². The van der Waals surface area contributed by atoms with Crippen LogP contribution in [0.5, 0.6) is 0 Å². The number of likely N-dealkylation sites (N-methyl/N-ethyl adjacent to an activating group) is 1. The molecule has 1 aliphatic carbocycles. The van der Waals surface area contributed by atoms with Crippen LogP contribution >= 0.6 is 0 Å². The van der Waals surface area contributed by atoms with Crippen LogP contribution in [0.2, 0.25) is 0 Å². The van der Waals surface area contributed by atoms with E-state index in [1.165, 1.54) is 12.8 Å². The van der Waals surface area contributed by atoms with Gasteiger partial charge in [0.2, 0.25) is 0 Å². The van der Waals surface area contributed by atoms with Crippen LogP contribution < -0.4 is 5.32 Å². The second-order valence-electron chi connectivity index (χ2n) is 5.26. The predicted molar refractivity (Wildman–Crippen MR) is 64.0 cm³/mol. The van der Waals surface area contributed by atoms with Gasteiger partial charge < -0.3 is 15.3 Å². The van der Waals surface area contributed by atoms with Crippen LogP contribution in [0.4, 0.5) is 0 Å². The predicted octanol–water partition coefficient (Wildman–Crippen LogP) is 1.08. The highest BCUT2D eigenvalue weighted by molar-refractivity contribution is 4.82. The number of hydrogen-bond donors (Lipinski definition) is 2. The Bertz CT molecular complexity index is 180. The molecule has 2 atom stereocenters. The minimum atomic E-state index is -0.239. The van der Waals surface area contributed by atoms with Crippen molar-refractivity contribution in [3.63, 3.8) is 0 Å². The zero-order valence-corrected chi connectivity index (χ0v) is 10.5. The number of aliphatic hydroxyl groups excluding tert-OH is 1. The molecule has 0 saturated heterocycles. The Morgan fingerprint density at radius 2 is 1.93 bits per heavy atom. The third-order valence-corrected chi connectivity index (χ3v) is 3.38. The van der Waals surface area contributed by atoms with Gasteiger partial charge in [0.15, 0.2) is 0 Å². The van der Waals surface area contributed by atoms with Crippen LogP contribution in [0.15, 0.2) is 0 Å². The Morgan fingerprint density at radius 1 is 1.33 bits per heavy atom. The molecule has 1 fully saturated rings. The molecule has 2 unspecified atom stereocenters. The highest BCUT2D eigenvalue weighted by atomic mass is 16.3. The van der Waals surface area contributed by atoms with Crippen molar-refractivity contribution in [2.45, 2.75) is 51.8 Å². The van der Waals surface area contributed by atoms with Gasteiger partial charge in [-0.15, -0.1) is 0 Å². The summed E-state index contributed by atoms with van der Waals surface area (Å²) in [6, 6.07) is 1.22. The molecule has 3 heteroatoms. The first-order valence-corrected chi connectivity index (χ1v) is 6.12. The molecule has 0 amide bonds. The Morgan fingerprint density at radius 3 is 2.40 bits per heavy atom. The van der Waals surface area contributed by atoms with Crippen molar-refractivity contribution in [2.24, 2.45) is 5.92 Å². The quantitative estimate of drug-likeness (QED) is 0.665. The average molecular weight is 214 g/mol. The van der Waals surface area contributed by atoms with Gasteiger partial charge >= 0.3 is 0 Å². The van der Waals surface area contributed by atoms with E-state index in [0.29, 0.717) is 18.0 Å². The fourth-order valence-electron chi connectivity index (χ4n) is 1.66. The Kier molecular flexibility index (Phi) is 5.03. The van der Waals surface area contributed by atoms with E-state index in [0.717, 1.165) is 13.1 Å². The van der Waals surface area contributed by atoms with Crippen molar-refractivity contribution in [1.29, 1.82) is 0 Å². The van der Waals surface area contributed by atoms with Gasteiger partial charge in [0, 0.05) is 25.2 Å². The van der Waals surface area contributed by atoms with Crippen LogP contribution in [-0.4, -0.2) is 48.3 Å². The molecule has 90 valence electrons. The summed E-state index contributed by atoms with van der Waals surface area (Å²) in [5.41, 5.74) is 0. The first-order chi connectivity index (χ1) is 7.00. The average Bonchev–Trinajstić information content (AvgIpc) is 2.96. The smallest absolute Gasteiger partial charge is 0.0791 e. The second kappa shape index (κ2) is 5.83. The summed E-state index contributed by atoms with van der Waals surface area (Å²) in [5, 5.41) is 13.2. The zero-order chi connectivity index (χ0) is 11.4. The molecule has 0 aliphatic heterocycles. The fraction of sp³-hybridized carbons (Fsp3) is 1.00. The number of nitrogens with one attached hydrogen (secondary N) is 1. The molecule has 1 aliphatic rings. The number of hydrogen-bond acceptors (Lipinski definition) is 3. The minimum Gasteiger partial charge on any atom is -0.390 e. The zero-order valence-electron chi connectivity index (χ0n) is 10.5. The normalized spacial score (nSPS) is 21.0. The summed E-state index contributed by atoms with van der Waals surface area (Å²) >= 11 is 0. The van der Waals surface area contributed by atoms with Gasteiger partial charge in [-0.25, -0.2) is 0 Å². The van der Waals surface area contributed by atoms with Crippen molar-refractivity contribution >= 4 is 0 Å². The van der Waals surface area contributed by atoms with Crippen molar-refractivity contribution in [3.05, 3.63) is 0 Å². The van der Waals surface area contributed by atoms with Crippen molar-refractivity contribution in [1.82, 2.24) is 10.2 Å². The lowest BCUT2D eigenvalue weighted by Gasteiger charge is -2.29. The lowest BCUT2D eigenvalue weighted by atomic mass is 10.1. The molecule has 3 nitrogen and oxygen atoms in total. The molecule has 15 heavy (non-hydrogen) atoms. The van der Waals surface area contributed by atoms with Crippen LogP contribution in [0.25, 0.3) is 0 Å². The minimum absolute atomic E-state index is 0.239. The van der Waals surface area contributed by atoms with E-state index < -0.39 is 0 Å². The maximum Gasteiger partial charge on any atom is 0.0791 e. The largest absolute Gasteiger partial charge is 0.390 e. The number of aliphatic hydroxyl groups is 1. The van der Waals surface area contributed by atoms with Gasteiger partial charge in [-0.2, -0.15) is 0 Å². The van der Waals surface area contributed by atoms with Crippen LogP contribution in [0.1, 0.15) is 33.6 Å². The molecule has 1 rings (SSSR count). The summed E-state index contributed by atoms with van der Waals surface area (Å²) in [7, 11) is 2.09. The Hall–Kier alpha value is -0.120. The fourth-order valence-corrected chi connectivity index (χ4v) is 1.66. The standard InChI is InChI=1S/C12H26N2O/c1-9(2)10(3)14(4)8-12(15)7-13-11-5-6-11/h9-13,15H,5-8H2,1-4H3. The van der Waals surface area contributed by atoms with Crippen molar-refractivity contribution < 1.29 is 5.11 Å². The molecule has 2 N–H and O–H groups in total. The molecule has 0 aromatic carbocycles. The Balaban J connectivity index is 2.14. The van der Waals surface area contributed by atoms with Gasteiger partial charge in [0.05, 0.1) is 6.10 Å². The van der Waals surface area contributed by atoms with E-state index in [4.69, 9.17) is 0 Å². The van der Waals surface area contributed by atoms with E-state index in [2.05, 4.69) is 38.0 Å². The molecule has 0 aromatic rings. The number of rotatable bonds is 7. The monoisotopic (exact) mass is 214 g/mol. The third kappa shape index (κ3) is 4.96. The van der Waals surface area contributed by atoms with Crippen molar-refractivity contribution in [2.75, 3.05) is 20.1 Å². The van der Waals surface area contributed by atoms with Gasteiger partial charge in [0.1, 0.15) is 0 Å². The van der Waals surface area contributed by atoms with E-state index in [1.807, 2.05) is 0 Å². The molecule has 0 heterocycles. The van der Waals surface area contributed by atoms with Crippen LogP contribution in [-0.2, 0) is 0 Å². The van der Waals surface area contributed by atoms with E-state index >= 15 is 0 Å². The van der Waals surface area contributed by atoms with E-state index in [9.17, 15) is 5.11 Å². The SMILES string of the molecule is CC(C)C(C)N(C)CC(O)CNC1CC1.